The minimum atomic E-state index is -0.952. The fourth-order valence-corrected chi connectivity index (χ4v) is 6.68. The first-order chi connectivity index (χ1) is 13.7. The molecule has 3 aliphatic carbocycles. The van der Waals surface area contributed by atoms with Crippen LogP contribution in [-0.4, -0.2) is 16.2 Å². The molecular weight excluding hydrogens is 360 g/mol. The van der Waals surface area contributed by atoms with Crippen LogP contribution in [0, 0.1) is 16.7 Å². The van der Waals surface area contributed by atoms with E-state index < -0.39 is 5.97 Å². The summed E-state index contributed by atoms with van der Waals surface area (Å²) in [4.78, 5) is 11.2. The number of aromatic hydroxyl groups is 1. The van der Waals surface area contributed by atoms with Gasteiger partial charge in [0, 0.05) is 0 Å². The number of fused-ring (bicyclic) bond motifs is 2. The van der Waals surface area contributed by atoms with Gasteiger partial charge in [-0.05, 0) is 91.9 Å². The molecular formula is C26H34O3. The molecule has 0 amide bonds. The van der Waals surface area contributed by atoms with Crippen molar-refractivity contribution in [1.82, 2.24) is 0 Å². The lowest BCUT2D eigenvalue weighted by atomic mass is 9.49. The first-order valence-corrected chi connectivity index (χ1v) is 11.2. The van der Waals surface area contributed by atoms with E-state index in [1.165, 1.54) is 56.2 Å². The summed E-state index contributed by atoms with van der Waals surface area (Å²) in [6.07, 6.45) is 12.8. The Bertz CT molecular complexity index is 889. The number of hydrogen-bond donors (Lipinski definition) is 2. The summed E-state index contributed by atoms with van der Waals surface area (Å²) >= 11 is 0. The third kappa shape index (κ3) is 3.65. The number of phenolic OH excluding ortho intramolecular Hbond substituents is 1. The summed E-state index contributed by atoms with van der Waals surface area (Å²) in [5.41, 5.74) is 6.64. The molecule has 4 rings (SSSR count). The van der Waals surface area contributed by atoms with Crippen molar-refractivity contribution >= 4 is 5.97 Å². The number of carbonyl (C=O) groups is 1. The number of hydrogen-bond acceptors (Lipinski definition) is 2. The molecule has 0 unspecified atom stereocenters. The summed E-state index contributed by atoms with van der Waals surface area (Å²) < 4.78 is 0. The van der Waals surface area contributed by atoms with Crippen LogP contribution >= 0.6 is 0 Å². The topological polar surface area (TPSA) is 57.5 Å². The SMILES string of the molecule is CC1(C)CCC[C@@]2(C)C3=C(CC[C@H]12)C/C(=C\Cc1cc(C(=O)O)ccc1O)CC3. The largest absolute Gasteiger partial charge is 0.508 e. The van der Waals surface area contributed by atoms with Gasteiger partial charge in [-0.1, -0.05) is 50.0 Å². The van der Waals surface area contributed by atoms with Crippen molar-refractivity contribution in [3.05, 3.63) is 52.1 Å². The minimum Gasteiger partial charge on any atom is -0.508 e. The average molecular weight is 395 g/mol. The Kier molecular flexibility index (Phi) is 5.13. The van der Waals surface area contributed by atoms with E-state index in [2.05, 4.69) is 26.8 Å². The highest BCUT2D eigenvalue weighted by atomic mass is 16.4. The third-order valence-corrected chi connectivity index (χ3v) is 8.15. The van der Waals surface area contributed by atoms with Crippen LogP contribution in [0.15, 0.2) is 41.0 Å². The first-order valence-electron chi connectivity index (χ1n) is 11.2. The Morgan fingerprint density at radius 1 is 1.17 bits per heavy atom. The van der Waals surface area contributed by atoms with Gasteiger partial charge < -0.3 is 10.2 Å². The molecule has 1 fully saturated rings. The van der Waals surface area contributed by atoms with Gasteiger partial charge in [0.25, 0.3) is 0 Å². The van der Waals surface area contributed by atoms with Gasteiger partial charge >= 0.3 is 5.97 Å². The number of benzene rings is 1. The van der Waals surface area contributed by atoms with Gasteiger partial charge in [-0.15, -0.1) is 0 Å². The fraction of sp³-hybridized carbons (Fsp3) is 0.577. The first kappa shape index (κ1) is 20.3. The van der Waals surface area contributed by atoms with E-state index in [1.54, 1.807) is 17.2 Å². The molecule has 1 saturated carbocycles. The molecule has 0 aromatic heterocycles. The number of carboxylic acids is 1. The summed E-state index contributed by atoms with van der Waals surface area (Å²) in [5, 5.41) is 19.3. The molecule has 1 aromatic rings. The number of rotatable bonds is 3. The van der Waals surface area contributed by atoms with E-state index in [0.717, 1.165) is 18.8 Å². The van der Waals surface area contributed by atoms with Gasteiger partial charge in [-0.2, -0.15) is 0 Å². The van der Waals surface area contributed by atoms with E-state index in [4.69, 9.17) is 0 Å². The molecule has 0 spiro atoms. The van der Waals surface area contributed by atoms with Crippen LogP contribution in [-0.2, 0) is 6.42 Å². The predicted molar refractivity (Wildman–Crippen MR) is 116 cm³/mol. The zero-order valence-electron chi connectivity index (χ0n) is 18.1. The third-order valence-electron chi connectivity index (χ3n) is 8.15. The van der Waals surface area contributed by atoms with Crippen molar-refractivity contribution in [2.45, 2.75) is 78.6 Å². The lowest BCUT2D eigenvalue weighted by molar-refractivity contribution is 0.00922. The highest BCUT2D eigenvalue weighted by Gasteiger charge is 2.50. The van der Waals surface area contributed by atoms with E-state index in [0.29, 0.717) is 22.8 Å². The number of allylic oxidation sites excluding steroid dienone is 4. The Hall–Kier alpha value is -2.03. The van der Waals surface area contributed by atoms with Crippen molar-refractivity contribution in [2.24, 2.45) is 16.7 Å². The molecule has 3 nitrogen and oxygen atoms in total. The zero-order chi connectivity index (χ0) is 20.8. The molecule has 2 N–H and O–H groups in total. The van der Waals surface area contributed by atoms with Crippen molar-refractivity contribution in [2.75, 3.05) is 0 Å². The molecule has 0 saturated heterocycles. The quantitative estimate of drug-likeness (QED) is 0.563. The minimum absolute atomic E-state index is 0.181. The second-order valence-electron chi connectivity index (χ2n) is 10.3. The van der Waals surface area contributed by atoms with Gasteiger partial charge in [-0.3, -0.25) is 0 Å². The van der Waals surface area contributed by atoms with Crippen molar-refractivity contribution in [3.63, 3.8) is 0 Å². The summed E-state index contributed by atoms with van der Waals surface area (Å²) in [7, 11) is 0. The van der Waals surface area contributed by atoms with Crippen LogP contribution in [0.25, 0.3) is 0 Å². The van der Waals surface area contributed by atoms with Gasteiger partial charge in [-0.25, -0.2) is 4.79 Å². The standard InChI is InChI=1S/C26H34O3/c1-25(2)13-4-14-26(3)21-10-6-17(15-18(21)9-12-23(25)26)5-7-19-16-20(24(28)29)8-11-22(19)27/h5,8,11,16,23,27H,4,6-7,9-10,12-15H2,1-3H3,(H,28,29)/b17-5-/t23-,26+/m1/s1. The summed E-state index contributed by atoms with van der Waals surface area (Å²) in [6.45, 7) is 7.50. The lowest BCUT2D eigenvalue weighted by Gasteiger charge is -2.56. The van der Waals surface area contributed by atoms with Crippen LogP contribution < -0.4 is 0 Å². The van der Waals surface area contributed by atoms with Crippen molar-refractivity contribution in [3.8, 4) is 5.75 Å². The highest BCUT2D eigenvalue weighted by molar-refractivity contribution is 5.88. The molecule has 0 radical (unpaired) electrons. The van der Waals surface area contributed by atoms with Crippen LogP contribution in [0.3, 0.4) is 0 Å². The maximum atomic E-state index is 11.2. The van der Waals surface area contributed by atoms with Crippen LogP contribution in [0.4, 0.5) is 0 Å². The van der Waals surface area contributed by atoms with Crippen molar-refractivity contribution < 1.29 is 15.0 Å². The highest BCUT2D eigenvalue weighted by Crippen LogP contribution is 2.61. The van der Waals surface area contributed by atoms with Gasteiger partial charge in [0.15, 0.2) is 0 Å². The van der Waals surface area contributed by atoms with Crippen LogP contribution in [0.5, 0.6) is 5.75 Å². The van der Waals surface area contributed by atoms with E-state index in [-0.39, 0.29) is 11.3 Å². The zero-order valence-corrected chi connectivity index (χ0v) is 18.1. The number of carboxylic acid groups (broad SMARTS) is 1. The molecule has 156 valence electrons. The summed E-state index contributed by atoms with van der Waals surface area (Å²) in [6, 6.07) is 4.54. The Morgan fingerprint density at radius 2 is 1.97 bits per heavy atom. The molecule has 0 heterocycles. The summed E-state index contributed by atoms with van der Waals surface area (Å²) in [5.74, 6) is 0.0375. The Labute approximate surface area is 174 Å². The average Bonchev–Trinajstić information content (AvgIpc) is 2.66. The van der Waals surface area contributed by atoms with E-state index in [1.807, 2.05) is 0 Å². The van der Waals surface area contributed by atoms with Crippen LogP contribution in [0.2, 0.25) is 0 Å². The normalized spacial score (nSPS) is 30.0. The van der Waals surface area contributed by atoms with Gasteiger partial charge in [0.1, 0.15) is 5.75 Å². The van der Waals surface area contributed by atoms with E-state index >= 15 is 0 Å². The molecule has 0 aliphatic heterocycles. The number of aromatic carboxylic acids is 1. The van der Waals surface area contributed by atoms with Gasteiger partial charge in [0.2, 0.25) is 0 Å². The molecule has 0 bridgehead atoms. The second-order valence-corrected chi connectivity index (χ2v) is 10.3. The molecule has 29 heavy (non-hydrogen) atoms. The molecule has 3 heteroatoms. The maximum absolute atomic E-state index is 11.2. The number of phenols is 1. The fourth-order valence-electron chi connectivity index (χ4n) is 6.68. The predicted octanol–water partition coefficient (Wildman–Crippen LogP) is 6.67. The monoisotopic (exact) mass is 394 g/mol. The second kappa shape index (κ2) is 7.34. The van der Waals surface area contributed by atoms with Crippen molar-refractivity contribution in [1.29, 1.82) is 0 Å². The Morgan fingerprint density at radius 3 is 2.72 bits per heavy atom. The van der Waals surface area contributed by atoms with E-state index in [9.17, 15) is 15.0 Å². The molecule has 1 aromatic carbocycles. The lowest BCUT2D eigenvalue weighted by Crippen LogP contribution is -2.46. The maximum Gasteiger partial charge on any atom is 0.335 e. The smallest absolute Gasteiger partial charge is 0.335 e. The molecule has 3 aliphatic rings. The molecule has 2 atom stereocenters. The van der Waals surface area contributed by atoms with Gasteiger partial charge in [0.05, 0.1) is 5.56 Å². The Balaban J connectivity index is 1.54. The van der Waals surface area contributed by atoms with Crippen LogP contribution in [0.1, 0.15) is 88.1 Å².